The average molecular weight is 475 g/mol. The third kappa shape index (κ3) is 4.41. The minimum atomic E-state index is -0.626. The number of nitrogens with one attached hydrogen (secondary N) is 2. The maximum absolute atomic E-state index is 13.3. The molecule has 0 unspecified atom stereocenters. The molecule has 180 valence electrons. The van der Waals surface area contributed by atoms with E-state index >= 15 is 0 Å². The predicted octanol–water partition coefficient (Wildman–Crippen LogP) is 3.52. The summed E-state index contributed by atoms with van der Waals surface area (Å²) in [5, 5.41) is 7.78. The van der Waals surface area contributed by atoms with Crippen LogP contribution in [0.25, 0.3) is 22.2 Å². The Morgan fingerprint density at radius 1 is 1.06 bits per heavy atom. The summed E-state index contributed by atoms with van der Waals surface area (Å²) in [6.07, 6.45) is 0. The van der Waals surface area contributed by atoms with Crippen LogP contribution in [0.5, 0.6) is 0 Å². The number of carbonyl (C=O) groups is 1. The lowest BCUT2D eigenvalue weighted by molar-refractivity contribution is 0.0746. The monoisotopic (exact) mass is 474 g/mol. The van der Waals surface area contributed by atoms with Gasteiger partial charge < -0.3 is 9.80 Å². The first-order chi connectivity index (χ1) is 16.9. The predicted molar refractivity (Wildman–Crippen MR) is 134 cm³/mol. The molecule has 2 aromatic heterocycles. The van der Waals surface area contributed by atoms with E-state index in [9.17, 15) is 14.0 Å². The Morgan fingerprint density at radius 3 is 2.49 bits per heavy atom. The Bertz CT molecular complexity index is 1420. The number of nitrogens with zero attached hydrogens (tertiary/aromatic N) is 4. The molecule has 1 aliphatic heterocycles. The third-order valence-electron chi connectivity index (χ3n) is 6.54. The lowest BCUT2D eigenvalue weighted by Crippen LogP contribution is -2.49. The molecule has 8 nitrogen and oxygen atoms in total. The van der Waals surface area contributed by atoms with E-state index in [2.05, 4.69) is 20.2 Å². The van der Waals surface area contributed by atoms with Crippen LogP contribution in [0.1, 0.15) is 29.9 Å². The number of hydrogen-bond acceptors (Lipinski definition) is 5. The molecule has 4 aromatic rings. The van der Waals surface area contributed by atoms with Crippen LogP contribution < -0.4 is 10.5 Å². The van der Waals surface area contributed by atoms with Gasteiger partial charge in [-0.1, -0.05) is 38.1 Å². The Morgan fingerprint density at radius 2 is 1.77 bits per heavy atom. The topological polar surface area (TPSA) is 98.0 Å². The molecule has 1 amide bonds. The second-order valence-corrected chi connectivity index (χ2v) is 9.45. The number of carbonyl (C=O) groups excluding carboxylic acids is 1. The molecular formula is C26H27FN6O2. The lowest BCUT2D eigenvalue weighted by atomic mass is 9.91. The Hall–Kier alpha value is -4.01. The van der Waals surface area contributed by atoms with Crippen LogP contribution in [-0.2, 0) is 5.41 Å². The first-order valence-corrected chi connectivity index (χ1v) is 11.6. The molecule has 1 aliphatic rings. The van der Waals surface area contributed by atoms with Gasteiger partial charge in [0, 0.05) is 48.4 Å². The van der Waals surface area contributed by atoms with Crippen LogP contribution in [0.3, 0.4) is 0 Å². The number of aromatic nitrogens is 4. The molecule has 0 aliphatic carbocycles. The number of hydrogen-bond donors (Lipinski definition) is 2. The number of H-pyrrole nitrogens is 2. The van der Waals surface area contributed by atoms with Crippen molar-refractivity contribution in [3.63, 3.8) is 0 Å². The standard InChI is InChI=1S/C26H27FN6O2/c1-26(2,16-27)22-15-21(30-31-22)17-7-9-18(10-8-17)24(35)32-11-13-33(14-12-32)25-28-20-6-4-3-5-19(20)23(34)29-25/h3-10,15H,11-14,16H2,1-2H3,(H,30,31)(H,28,29,34). The molecule has 9 heteroatoms. The van der Waals surface area contributed by atoms with Crippen molar-refractivity contribution in [2.24, 2.45) is 0 Å². The van der Waals surface area contributed by atoms with Crippen molar-refractivity contribution in [1.29, 1.82) is 0 Å². The number of rotatable bonds is 5. The highest BCUT2D eigenvalue weighted by atomic mass is 19.1. The summed E-state index contributed by atoms with van der Waals surface area (Å²) in [5.41, 5.74) is 2.76. The van der Waals surface area contributed by atoms with Gasteiger partial charge in [-0.2, -0.15) is 5.10 Å². The van der Waals surface area contributed by atoms with E-state index in [1.807, 2.05) is 55.1 Å². The van der Waals surface area contributed by atoms with Crippen LogP contribution in [0.15, 0.2) is 59.4 Å². The fourth-order valence-electron chi connectivity index (χ4n) is 4.20. The van der Waals surface area contributed by atoms with Crippen molar-refractivity contribution in [3.05, 3.63) is 76.2 Å². The molecule has 0 saturated carbocycles. The van der Waals surface area contributed by atoms with E-state index in [-0.39, 0.29) is 11.5 Å². The largest absolute Gasteiger partial charge is 0.339 e. The van der Waals surface area contributed by atoms with Gasteiger partial charge in [0.15, 0.2) is 0 Å². The second kappa shape index (κ2) is 8.98. The highest BCUT2D eigenvalue weighted by Crippen LogP contribution is 2.26. The molecule has 1 saturated heterocycles. The van der Waals surface area contributed by atoms with Crippen LogP contribution >= 0.6 is 0 Å². The van der Waals surface area contributed by atoms with Crippen molar-refractivity contribution >= 4 is 22.8 Å². The number of para-hydroxylation sites is 1. The van der Waals surface area contributed by atoms with Crippen molar-refractivity contribution < 1.29 is 9.18 Å². The minimum absolute atomic E-state index is 0.0440. The zero-order chi connectivity index (χ0) is 24.6. The Balaban J connectivity index is 1.25. The van der Waals surface area contributed by atoms with Crippen molar-refractivity contribution in [2.45, 2.75) is 19.3 Å². The summed E-state index contributed by atoms with van der Waals surface area (Å²) in [6.45, 7) is 5.36. The zero-order valence-corrected chi connectivity index (χ0v) is 19.7. The molecule has 2 N–H and O–H groups in total. The fourth-order valence-corrected chi connectivity index (χ4v) is 4.20. The third-order valence-corrected chi connectivity index (χ3v) is 6.54. The summed E-state index contributed by atoms with van der Waals surface area (Å²) in [7, 11) is 0. The molecule has 1 fully saturated rings. The van der Waals surface area contributed by atoms with Gasteiger partial charge in [-0.05, 0) is 30.3 Å². The van der Waals surface area contributed by atoms with E-state index < -0.39 is 12.1 Å². The molecule has 35 heavy (non-hydrogen) atoms. The van der Waals surface area contributed by atoms with Gasteiger partial charge in [-0.3, -0.25) is 24.1 Å². The fraction of sp³-hybridized carbons (Fsp3) is 0.308. The molecule has 0 spiro atoms. The van der Waals surface area contributed by atoms with Gasteiger partial charge in [0.05, 0.1) is 16.6 Å². The quantitative estimate of drug-likeness (QED) is 0.461. The maximum atomic E-state index is 13.3. The van der Waals surface area contributed by atoms with Gasteiger partial charge in [0.1, 0.15) is 6.67 Å². The van der Waals surface area contributed by atoms with Gasteiger partial charge in [0.25, 0.3) is 11.5 Å². The number of anilines is 1. The number of fused-ring (bicyclic) bond motifs is 1. The molecule has 0 radical (unpaired) electrons. The number of aromatic amines is 2. The van der Waals surface area contributed by atoms with E-state index in [0.29, 0.717) is 54.3 Å². The van der Waals surface area contributed by atoms with E-state index in [0.717, 1.165) is 11.3 Å². The Kier molecular flexibility index (Phi) is 5.84. The van der Waals surface area contributed by atoms with E-state index in [4.69, 9.17) is 0 Å². The number of halogens is 1. The second-order valence-electron chi connectivity index (χ2n) is 9.45. The smallest absolute Gasteiger partial charge is 0.260 e. The van der Waals surface area contributed by atoms with E-state index in [1.54, 1.807) is 23.1 Å². The van der Waals surface area contributed by atoms with E-state index in [1.165, 1.54) is 0 Å². The SMILES string of the molecule is CC(C)(CF)c1cc(-c2ccc(C(=O)N3CCN(c4nc5ccccc5c(=O)[nH]4)CC3)cc2)n[nH]1. The zero-order valence-electron chi connectivity index (χ0n) is 19.7. The summed E-state index contributed by atoms with van der Waals surface area (Å²) in [6, 6.07) is 16.4. The summed E-state index contributed by atoms with van der Waals surface area (Å²) in [5.74, 6) is 0.483. The number of piperazine rings is 1. The normalized spacial score (nSPS) is 14.5. The molecule has 3 heterocycles. The molecular weight excluding hydrogens is 447 g/mol. The first kappa shape index (κ1) is 22.8. The highest BCUT2D eigenvalue weighted by Gasteiger charge is 2.25. The Labute approximate surface area is 201 Å². The molecule has 0 bridgehead atoms. The number of alkyl halides is 1. The summed E-state index contributed by atoms with van der Waals surface area (Å²) >= 11 is 0. The molecule has 5 rings (SSSR count). The molecule has 2 aromatic carbocycles. The van der Waals surface area contributed by atoms with Crippen molar-refractivity contribution in [1.82, 2.24) is 25.1 Å². The number of amides is 1. The van der Waals surface area contributed by atoms with Crippen molar-refractivity contribution in [3.8, 4) is 11.3 Å². The number of benzene rings is 2. The van der Waals surface area contributed by atoms with Crippen LogP contribution in [-0.4, -0.2) is 63.8 Å². The molecule has 0 atom stereocenters. The van der Waals surface area contributed by atoms with Crippen LogP contribution in [0.2, 0.25) is 0 Å². The summed E-state index contributed by atoms with van der Waals surface area (Å²) < 4.78 is 13.3. The maximum Gasteiger partial charge on any atom is 0.260 e. The van der Waals surface area contributed by atoms with Crippen LogP contribution in [0, 0.1) is 0 Å². The minimum Gasteiger partial charge on any atom is -0.339 e. The summed E-state index contributed by atoms with van der Waals surface area (Å²) in [4.78, 5) is 36.7. The van der Waals surface area contributed by atoms with Crippen LogP contribution in [0.4, 0.5) is 10.3 Å². The first-order valence-electron chi connectivity index (χ1n) is 11.6. The van der Waals surface area contributed by atoms with Gasteiger partial charge in [-0.15, -0.1) is 0 Å². The lowest BCUT2D eigenvalue weighted by Gasteiger charge is -2.35. The van der Waals surface area contributed by atoms with Gasteiger partial charge in [0.2, 0.25) is 5.95 Å². The average Bonchev–Trinajstić information content (AvgIpc) is 3.40. The van der Waals surface area contributed by atoms with Gasteiger partial charge >= 0.3 is 0 Å². The van der Waals surface area contributed by atoms with Gasteiger partial charge in [-0.25, -0.2) is 4.98 Å². The highest BCUT2D eigenvalue weighted by molar-refractivity contribution is 5.94. The van der Waals surface area contributed by atoms with Crippen molar-refractivity contribution in [2.75, 3.05) is 37.8 Å².